The molecular formula is C16H13ClN2O2. The molecular weight excluding hydrogens is 288 g/mol. The van der Waals surface area contributed by atoms with E-state index in [0.717, 1.165) is 11.3 Å². The van der Waals surface area contributed by atoms with Crippen LogP contribution in [0, 0.1) is 0 Å². The third-order valence-electron chi connectivity index (χ3n) is 3.11. The zero-order valence-electron chi connectivity index (χ0n) is 11.4. The molecule has 0 saturated carbocycles. The first-order valence-electron chi connectivity index (χ1n) is 6.49. The summed E-state index contributed by atoms with van der Waals surface area (Å²) in [6, 6.07) is 10.8. The molecule has 0 saturated heterocycles. The Bertz CT molecular complexity index is 778. The van der Waals surface area contributed by atoms with Gasteiger partial charge in [-0.1, -0.05) is 17.7 Å². The number of fused-ring (bicyclic) bond motifs is 1. The highest BCUT2D eigenvalue weighted by Gasteiger charge is 2.10. The smallest absolute Gasteiger partial charge is 0.163 e. The highest BCUT2D eigenvalue weighted by molar-refractivity contribution is 6.31. The van der Waals surface area contributed by atoms with Crippen LogP contribution >= 0.6 is 11.6 Å². The van der Waals surface area contributed by atoms with E-state index in [1.807, 2.05) is 35.0 Å². The second-order valence-corrected chi connectivity index (χ2v) is 5.12. The molecule has 2 aromatic heterocycles. The number of halogens is 1. The van der Waals surface area contributed by atoms with Gasteiger partial charge < -0.3 is 9.14 Å². The van der Waals surface area contributed by atoms with Crippen LogP contribution in [-0.2, 0) is 6.61 Å². The molecule has 0 atom stereocenters. The minimum atomic E-state index is -0.0810. The number of pyridine rings is 1. The van der Waals surface area contributed by atoms with Crippen molar-refractivity contribution in [3.05, 3.63) is 65.1 Å². The third-order valence-corrected chi connectivity index (χ3v) is 3.35. The zero-order valence-corrected chi connectivity index (χ0v) is 12.2. The maximum Gasteiger partial charge on any atom is 0.163 e. The topological polar surface area (TPSA) is 43.6 Å². The van der Waals surface area contributed by atoms with Crippen LogP contribution in [-0.4, -0.2) is 15.2 Å². The fourth-order valence-corrected chi connectivity index (χ4v) is 2.28. The average Bonchev–Trinajstić information content (AvgIpc) is 2.88. The summed E-state index contributed by atoms with van der Waals surface area (Å²) in [5.41, 5.74) is 2.14. The Morgan fingerprint density at radius 1 is 1.33 bits per heavy atom. The van der Waals surface area contributed by atoms with E-state index in [-0.39, 0.29) is 5.78 Å². The van der Waals surface area contributed by atoms with Gasteiger partial charge in [0.1, 0.15) is 18.0 Å². The first-order chi connectivity index (χ1) is 10.1. The maximum atomic E-state index is 11.6. The van der Waals surface area contributed by atoms with Gasteiger partial charge in [0.05, 0.1) is 11.3 Å². The molecule has 0 aliphatic heterocycles. The maximum absolute atomic E-state index is 11.6. The van der Waals surface area contributed by atoms with Gasteiger partial charge in [-0.15, -0.1) is 0 Å². The number of ketones is 1. The molecule has 0 fully saturated rings. The van der Waals surface area contributed by atoms with E-state index in [0.29, 0.717) is 22.9 Å². The van der Waals surface area contributed by atoms with Crippen molar-refractivity contribution >= 4 is 23.0 Å². The molecule has 0 aliphatic rings. The van der Waals surface area contributed by atoms with Crippen LogP contribution in [0.2, 0.25) is 5.02 Å². The second-order valence-electron chi connectivity index (χ2n) is 4.68. The predicted octanol–water partition coefficient (Wildman–Crippen LogP) is 3.77. The van der Waals surface area contributed by atoms with E-state index in [4.69, 9.17) is 16.3 Å². The number of hydrogen-bond acceptors (Lipinski definition) is 3. The lowest BCUT2D eigenvalue weighted by atomic mass is 10.1. The number of Topliss-reactive ketones (excluding diaryl/α,β-unsaturated/α-hetero) is 1. The Hall–Kier alpha value is -2.33. The van der Waals surface area contributed by atoms with Crippen molar-refractivity contribution in [1.82, 2.24) is 9.38 Å². The Morgan fingerprint density at radius 3 is 2.95 bits per heavy atom. The van der Waals surface area contributed by atoms with Crippen molar-refractivity contribution in [2.75, 3.05) is 0 Å². The van der Waals surface area contributed by atoms with E-state index < -0.39 is 0 Å². The lowest BCUT2D eigenvalue weighted by Gasteiger charge is -2.08. The van der Waals surface area contributed by atoms with Crippen molar-refractivity contribution in [3.8, 4) is 5.75 Å². The Morgan fingerprint density at radius 2 is 2.19 bits per heavy atom. The van der Waals surface area contributed by atoms with Gasteiger partial charge in [-0.05, 0) is 37.3 Å². The Balaban J connectivity index is 1.83. The fraction of sp³-hybridized carbons (Fsp3) is 0.125. The average molecular weight is 301 g/mol. The van der Waals surface area contributed by atoms with Crippen LogP contribution in [0.25, 0.3) is 5.65 Å². The second kappa shape index (κ2) is 5.58. The molecule has 1 aromatic carbocycles. The Labute approximate surface area is 126 Å². The highest BCUT2D eigenvalue weighted by Crippen LogP contribution is 2.24. The van der Waals surface area contributed by atoms with Gasteiger partial charge >= 0.3 is 0 Å². The molecule has 0 amide bonds. The highest BCUT2D eigenvalue weighted by atomic mass is 35.5. The number of imidazole rings is 1. The van der Waals surface area contributed by atoms with E-state index in [9.17, 15) is 4.79 Å². The lowest BCUT2D eigenvalue weighted by molar-refractivity contribution is 0.101. The predicted molar refractivity (Wildman–Crippen MR) is 81.0 cm³/mol. The van der Waals surface area contributed by atoms with E-state index in [1.54, 1.807) is 18.2 Å². The summed E-state index contributed by atoms with van der Waals surface area (Å²) in [5, 5.41) is 0.514. The van der Waals surface area contributed by atoms with Crippen LogP contribution in [0.15, 0.2) is 48.8 Å². The van der Waals surface area contributed by atoms with Gasteiger partial charge in [-0.3, -0.25) is 4.79 Å². The molecule has 3 rings (SSSR count). The lowest BCUT2D eigenvalue weighted by Crippen LogP contribution is -2.01. The zero-order chi connectivity index (χ0) is 14.8. The van der Waals surface area contributed by atoms with Crippen molar-refractivity contribution in [1.29, 1.82) is 0 Å². The standard InChI is InChI=1S/C16H13ClN2O2/c1-11(20)14-8-12(17)5-6-15(14)21-10-13-9-19-7-3-2-4-16(19)18-13/h2-9H,10H2,1H3. The molecule has 0 aliphatic carbocycles. The molecule has 0 N–H and O–H groups in total. The molecule has 0 radical (unpaired) electrons. The summed E-state index contributed by atoms with van der Waals surface area (Å²) in [6.45, 7) is 1.78. The number of hydrogen-bond donors (Lipinski definition) is 0. The Kier molecular flexibility index (Phi) is 3.62. The minimum Gasteiger partial charge on any atom is -0.486 e. The number of rotatable bonds is 4. The first-order valence-corrected chi connectivity index (χ1v) is 6.87. The van der Waals surface area contributed by atoms with Crippen LogP contribution in [0.3, 0.4) is 0 Å². The van der Waals surface area contributed by atoms with Crippen LogP contribution in [0.1, 0.15) is 23.0 Å². The van der Waals surface area contributed by atoms with Gasteiger partial charge in [-0.25, -0.2) is 4.98 Å². The molecule has 0 unspecified atom stereocenters. The molecule has 3 aromatic rings. The van der Waals surface area contributed by atoms with E-state index in [2.05, 4.69) is 4.98 Å². The summed E-state index contributed by atoms with van der Waals surface area (Å²) < 4.78 is 7.64. The van der Waals surface area contributed by atoms with Gasteiger partial charge in [0, 0.05) is 17.4 Å². The van der Waals surface area contributed by atoms with Crippen LogP contribution in [0.4, 0.5) is 0 Å². The first kappa shape index (κ1) is 13.6. The van der Waals surface area contributed by atoms with Gasteiger partial charge in [0.15, 0.2) is 5.78 Å². The molecule has 0 bridgehead atoms. The quantitative estimate of drug-likeness (QED) is 0.689. The monoisotopic (exact) mass is 300 g/mol. The van der Waals surface area contributed by atoms with E-state index >= 15 is 0 Å². The molecule has 4 nitrogen and oxygen atoms in total. The molecule has 0 spiro atoms. The normalized spacial score (nSPS) is 10.8. The number of ether oxygens (including phenoxy) is 1. The molecule has 2 heterocycles. The largest absolute Gasteiger partial charge is 0.486 e. The van der Waals surface area contributed by atoms with Gasteiger partial charge in [-0.2, -0.15) is 0 Å². The van der Waals surface area contributed by atoms with Crippen molar-refractivity contribution in [3.63, 3.8) is 0 Å². The number of nitrogens with zero attached hydrogens (tertiary/aromatic N) is 2. The summed E-state index contributed by atoms with van der Waals surface area (Å²) in [6.07, 6.45) is 3.83. The summed E-state index contributed by atoms with van der Waals surface area (Å²) in [7, 11) is 0. The number of benzene rings is 1. The SMILES string of the molecule is CC(=O)c1cc(Cl)ccc1OCc1cn2ccccc2n1. The molecule has 106 valence electrons. The summed E-state index contributed by atoms with van der Waals surface area (Å²) >= 11 is 5.91. The van der Waals surface area contributed by atoms with Gasteiger partial charge in [0.2, 0.25) is 0 Å². The van der Waals surface area contributed by atoms with Gasteiger partial charge in [0.25, 0.3) is 0 Å². The summed E-state index contributed by atoms with van der Waals surface area (Å²) in [5.74, 6) is 0.437. The van der Waals surface area contributed by atoms with Crippen LogP contribution < -0.4 is 4.74 Å². The van der Waals surface area contributed by atoms with E-state index in [1.165, 1.54) is 6.92 Å². The molecule has 21 heavy (non-hydrogen) atoms. The van der Waals surface area contributed by atoms with Crippen molar-refractivity contribution in [2.45, 2.75) is 13.5 Å². The van der Waals surface area contributed by atoms with Crippen molar-refractivity contribution < 1.29 is 9.53 Å². The molecule has 5 heteroatoms. The fourth-order valence-electron chi connectivity index (χ4n) is 2.11. The van der Waals surface area contributed by atoms with Crippen LogP contribution in [0.5, 0.6) is 5.75 Å². The number of carbonyl (C=O) groups is 1. The third kappa shape index (κ3) is 2.90. The van der Waals surface area contributed by atoms with Crippen molar-refractivity contribution in [2.24, 2.45) is 0 Å². The number of carbonyl (C=O) groups excluding carboxylic acids is 1. The minimum absolute atomic E-state index is 0.0810. The summed E-state index contributed by atoms with van der Waals surface area (Å²) in [4.78, 5) is 16.1. The number of aromatic nitrogens is 2.